The van der Waals surface area contributed by atoms with E-state index in [0.29, 0.717) is 19.4 Å². The number of H-pyrrole nitrogens is 1. The van der Waals surface area contributed by atoms with Crippen molar-refractivity contribution in [3.05, 3.63) is 71.7 Å². The molecule has 0 saturated heterocycles. The Hall–Kier alpha value is -2.62. The predicted molar refractivity (Wildman–Crippen MR) is 84.9 cm³/mol. The third-order valence-corrected chi connectivity index (χ3v) is 3.70. The Kier molecular flexibility index (Phi) is 4.19. The maximum absolute atomic E-state index is 12.8. The van der Waals surface area contributed by atoms with Gasteiger partial charge in [-0.15, -0.1) is 0 Å². The van der Waals surface area contributed by atoms with Crippen molar-refractivity contribution in [1.82, 2.24) is 10.3 Å². The quantitative estimate of drug-likeness (QED) is 0.743. The summed E-state index contributed by atoms with van der Waals surface area (Å²) in [5, 5.41) is 4.05. The number of nitrogens with one attached hydrogen (secondary N) is 2. The number of halogens is 1. The molecule has 0 radical (unpaired) electrons. The molecule has 112 valence electrons. The van der Waals surface area contributed by atoms with Crippen LogP contribution in [0.3, 0.4) is 0 Å². The lowest BCUT2D eigenvalue weighted by molar-refractivity contribution is -0.121. The summed E-state index contributed by atoms with van der Waals surface area (Å²) >= 11 is 0. The fraction of sp³-hybridized carbons (Fsp3) is 0.167. The molecule has 0 aliphatic heterocycles. The van der Waals surface area contributed by atoms with Crippen molar-refractivity contribution in [1.29, 1.82) is 0 Å². The Labute approximate surface area is 128 Å². The average molecular weight is 296 g/mol. The van der Waals surface area contributed by atoms with E-state index in [0.717, 1.165) is 22.0 Å². The Balaban J connectivity index is 1.53. The smallest absolute Gasteiger partial charge is 0.220 e. The van der Waals surface area contributed by atoms with Gasteiger partial charge in [0.05, 0.1) is 0 Å². The van der Waals surface area contributed by atoms with Crippen LogP contribution in [0.25, 0.3) is 10.9 Å². The van der Waals surface area contributed by atoms with Gasteiger partial charge in [0.25, 0.3) is 0 Å². The van der Waals surface area contributed by atoms with Gasteiger partial charge in [-0.2, -0.15) is 0 Å². The maximum Gasteiger partial charge on any atom is 0.220 e. The van der Waals surface area contributed by atoms with Gasteiger partial charge in [0.2, 0.25) is 5.91 Å². The molecule has 1 amide bonds. The highest BCUT2D eigenvalue weighted by Gasteiger charge is 2.06. The van der Waals surface area contributed by atoms with Crippen LogP contribution in [0.1, 0.15) is 17.5 Å². The number of carbonyl (C=O) groups excluding carboxylic acids is 1. The van der Waals surface area contributed by atoms with Crippen molar-refractivity contribution in [2.75, 3.05) is 0 Å². The third-order valence-electron chi connectivity index (χ3n) is 3.70. The molecule has 2 aromatic carbocycles. The zero-order valence-electron chi connectivity index (χ0n) is 12.1. The molecule has 0 atom stereocenters. The van der Waals surface area contributed by atoms with E-state index in [1.165, 1.54) is 12.1 Å². The lowest BCUT2D eigenvalue weighted by Crippen LogP contribution is -2.22. The van der Waals surface area contributed by atoms with E-state index in [1.807, 2.05) is 30.5 Å². The lowest BCUT2D eigenvalue weighted by Gasteiger charge is -2.05. The minimum absolute atomic E-state index is 0.00499. The molecule has 3 nitrogen and oxygen atoms in total. The second-order valence-electron chi connectivity index (χ2n) is 5.26. The fourth-order valence-electron chi connectivity index (χ4n) is 2.47. The SMILES string of the molecule is O=C(CCc1ccc(F)cc1)NCc1c[nH]c2ccccc12. The minimum atomic E-state index is -0.257. The molecule has 2 N–H and O–H groups in total. The molecule has 0 saturated carbocycles. The molecule has 1 heterocycles. The molecular weight excluding hydrogens is 279 g/mol. The number of hydrogen-bond donors (Lipinski definition) is 2. The summed E-state index contributed by atoms with van der Waals surface area (Å²) < 4.78 is 12.8. The summed E-state index contributed by atoms with van der Waals surface area (Å²) in [6, 6.07) is 14.3. The highest BCUT2D eigenvalue weighted by atomic mass is 19.1. The number of benzene rings is 2. The first kappa shape index (κ1) is 14.3. The van der Waals surface area contributed by atoms with E-state index in [-0.39, 0.29) is 11.7 Å². The van der Waals surface area contributed by atoms with Crippen molar-refractivity contribution in [3.8, 4) is 0 Å². The molecule has 0 bridgehead atoms. The van der Waals surface area contributed by atoms with Gasteiger partial charge in [0.1, 0.15) is 5.82 Å². The molecule has 3 rings (SSSR count). The van der Waals surface area contributed by atoms with Gasteiger partial charge in [-0.05, 0) is 35.7 Å². The zero-order chi connectivity index (χ0) is 15.4. The van der Waals surface area contributed by atoms with E-state index >= 15 is 0 Å². The Morgan fingerprint density at radius 2 is 1.86 bits per heavy atom. The van der Waals surface area contributed by atoms with Gasteiger partial charge in [-0.25, -0.2) is 4.39 Å². The van der Waals surface area contributed by atoms with Crippen molar-refractivity contribution in [2.24, 2.45) is 0 Å². The van der Waals surface area contributed by atoms with Crippen LogP contribution >= 0.6 is 0 Å². The van der Waals surface area contributed by atoms with E-state index in [1.54, 1.807) is 12.1 Å². The molecule has 0 unspecified atom stereocenters. The summed E-state index contributed by atoms with van der Waals surface area (Å²) in [5.74, 6) is -0.262. The van der Waals surface area contributed by atoms with Gasteiger partial charge >= 0.3 is 0 Å². The molecule has 3 aromatic rings. The molecule has 0 fully saturated rings. The number of aryl methyl sites for hydroxylation is 1. The molecule has 4 heteroatoms. The van der Waals surface area contributed by atoms with E-state index in [4.69, 9.17) is 0 Å². The first-order chi connectivity index (χ1) is 10.7. The average Bonchev–Trinajstić information content (AvgIpc) is 2.96. The van der Waals surface area contributed by atoms with Crippen LogP contribution in [0.15, 0.2) is 54.7 Å². The number of para-hydroxylation sites is 1. The van der Waals surface area contributed by atoms with Crippen LogP contribution in [-0.2, 0) is 17.8 Å². The monoisotopic (exact) mass is 296 g/mol. The number of rotatable bonds is 5. The fourth-order valence-corrected chi connectivity index (χ4v) is 2.47. The Morgan fingerprint density at radius 1 is 1.09 bits per heavy atom. The summed E-state index contributed by atoms with van der Waals surface area (Å²) in [4.78, 5) is 15.1. The van der Waals surface area contributed by atoms with Crippen LogP contribution in [0.4, 0.5) is 4.39 Å². The van der Waals surface area contributed by atoms with Gasteiger partial charge in [-0.1, -0.05) is 30.3 Å². The molecule has 0 aliphatic carbocycles. The molecule has 0 aliphatic rings. The van der Waals surface area contributed by atoms with Gasteiger partial charge < -0.3 is 10.3 Å². The number of carbonyl (C=O) groups is 1. The number of fused-ring (bicyclic) bond motifs is 1. The highest BCUT2D eigenvalue weighted by molar-refractivity contribution is 5.84. The third kappa shape index (κ3) is 3.34. The number of hydrogen-bond acceptors (Lipinski definition) is 1. The maximum atomic E-state index is 12.8. The van der Waals surface area contributed by atoms with Crippen LogP contribution < -0.4 is 5.32 Å². The summed E-state index contributed by atoms with van der Waals surface area (Å²) in [5.41, 5.74) is 3.10. The number of aromatic nitrogens is 1. The van der Waals surface area contributed by atoms with E-state index in [2.05, 4.69) is 10.3 Å². The van der Waals surface area contributed by atoms with Crippen LogP contribution in [-0.4, -0.2) is 10.9 Å². The van der Waals surface area contributed by atoms with Crippen molar-refractivity contribution < 1.29 is 9.18 Å². The number of amides is 1. The van der Waals surface area contributed by atoms with Crippen LogP contribution in [0.2, 0.25) is 0 Å². The first-order valence-electron chi connectivity index (χ1n) is 7.28. The largest absolute Gasteiger partial charge is 0.361 e. The summed E-state index contributed by atoms with van der Waals surface area (Å²) in [7, 11) is 0. The topological polar surface area (TPSA) is 44.9 Å². The van der Waals surface area contributed by atoms with Crippen molar-refractivity contribution in [3.63, 3.8) is 0 Å². The molecule has 1 aromatic heterocycles. The van der Waals surface area contributed by atoms with Crippen molar-refractivity contribution >= 4 is 16.8 Å². The standard InChI is InChI=1S/C18H17FN2O/c19-15-8-5-13(6-9-15)7-10-18(22)21-12-14-11-20-17-4-2-1-3-16(14)17/h1-6,8-9,11,20H,7,10,12H2,(H,21,22). The number of aromatic amines is 1. The normalized spacial score (nSPS) is 10.8. The zero-order valence-corrected chi connectivity index (χ0v) is 12.1. The molecule has 22 heavy (non-hydrogen) atoms. The summed E-state index contributed by atoms with van der Waals surface area (Å²) in [6.07, 6.45) is 2.93. The Bertz CT molecular complexity index is 777. The second-order valence-corrected chi connectivity index (χ2v) is 5.26. The Morgan fingerprint density at radius 3 is 2.68 bits per heavy atom. The summed E-state index contributed by atoms with van der Waals surface area (Å²) in [6.45, 7) is 0.506. The van der Waals surface area contributed by atoms with Crippen molar-refractivity contribution in [2.45, 2.75) is 19.4 Å². The predicted octanol–water partition coefficient (Wildman–Crippen LogP) is 3.56. The van der Waals surface area contributed by atoms with Gasteiger partial charge in [-0.3, -0.25) is 4.79 Å². The molecular formula is C18H17FN2O. The van der Waals surface area contributed by atoms with E-state index < -0.39 is 0 Å². The van der Waals surface area contributed by atoms with E-state index in [9.17, 15) is 9.18 Å². The second kappa shape index (κ2) is 6.43. The van der Waals surface area contributed by atoms with Crippen LogP contribution in [0.5, 0.6) is 0 Å². The van der Waals surface area contributed by atoms with Crippen LogP contribution in [0, 0.1) is 5.82 Å². The highest BCUT2D eigenvalue weighted by Crippen LogP contribution is 2.17. The lowest BCUT2D eigenvalue weighted by atomic mass is 10.1. The molecule has 0 spiro atoms. The minimum Gasteiger partial charge on any atom is -0.361 e. The van der Waals surface area contributed by atoms with Gasteiger partial charge in [0, 0.05) is 30.1 Å². The van der Waals surface area contributed by atoms with Gasteiger partial charge in [0.15, 0.2) is 0 Å². The first-order valence-corrected chi connectivity index (χ1v) is 7.28.